The van der Waals surface area contributed by atoms with Crippen molar-refractivity contribution in [2.45, 2.75) is 43.8 Å². The summed E-state index contributed by atoms with van der Waals surface area (Å²) in [5.41, 5.74) is 0. The highest BCUT2D eigenvalue weighted by atomic mass is 32.1. The monoisotopic (exact) mass is 260 g/mol. The number of piperidine rings is 1. The van der Waals surface area contributed by atoms with E-state index in [2.05, 4.69) is 32.0 Å². The summed E-state index contributed by atoms with van der Waals surface area (Å²) >= 11 is 1.67. The van der Waals surface area contributed by atoms with Gasteiger partial charge in [-0.2, -0.15) is 0 Å². The molecule has 2 atom stereocenters. The van der Waals surface area contributed by atoms with E-state index in [9.17, 15) is 0 Å². The Morgan fingerprint density at radius 2 is 2.11 bits per heavy atom. The molecule has 2 unspecified atom stereocenters. The molecule has 2 aromatic rings. The van der Waals surface area contributed by atoms with Gasteiger partial charge in [-0.3, -0.25) is 0 Å². The van der Waals surface area contributed by atoms with Gasteiger partial charge in [0.05, 0.1) is 0 Å². The summed E-state index contributed by atoms with van der Waals surface area (Å²) in [4.78, 5) is 10.1. The third-order valence-corrected chi connectivity index (χ3v) is 4.84. The maximum absolute atomic E-state index is 4.58. The molecule has 0 aliphatic carbocycles. The van der Waals surface area contributed by atoms with Crippen molar-refractivity contribution in [2.75, 3.05) is 5.32 Å². The van der Waals surface area contributed by atoms with Gasteiger partial charge in [0.1, 0.15) is 4.83 Å². The van der Waals surface area contributed by atoms with E-state index in [1.165, 1.54) is 25.7 Å². The largest absolute Gasteiger partial charge is 0.351 e. The Morgan fingerprint density at radius 1 is 1.28 bits per heavy atom. The SMILES string of the molecule is c1cc2cnc(NC3CC4CCC(C3)N4)nc2s1. The van der Waals surface area contributed by atoms with E-state index in [0.29, 0.717) is 18.1 Å². The molecular weight excluding hydrogens is 244 g/mol. The highest BCUT2D eigenvalue weighted by molar-refractivity contribution is 7.16. The predicted molar refractivity (Wildman–Crippen MR) is 74.0 cm³/mol. The van der Waals surface area contributed by atoms with Crippen molar-refractivity contribution in [3.63, 3.8) is 0 Å². The third-order valence-electron chi connectivity index (χ3n) is 4.01. The van der Waals surface area contributed by atoms with E-state index in [4.69, 9.17) is 0 Å². The summed E-state index contributed by atoms with van der Waals surface area (Å²) < 4.78 is 0. The molecule has 4 rings (SSSR count). The van der Waals surface area contributed by atoms with Gasteiger partial charge >= 0.3 is 0 Å². The smallest absolute Gasteiger partial charge is 0.224 e. The summed E-state index contributed by atoms with van der Waals surface area (Å²) in [5, 5.41) is 10.4. The quantitative estimate of drug-likeness (QED) is 0.870. The number of aromatic nitrogens is 2. The fourth-order valence-corrected chi connectivity index (χ4v) is 3.92. The lowest BCUT2D eigenvalue weighted by atomic mass is 10.0. The van der Waals surface area contributed by atoms with Crippen LogP contribution in [0.3, 0.4) is 0 Å². The Balaban J connectivity index is 1.53. The fraction of sp³-hybridized carbons (Fsp3) is 0.538. The minimum absolute atomic E-state index is 0.529. The average Bonchev–Trinajstić information content (AvgIpc) is 2.95. The first-order valence-electron chi connectivity index (χ1n) is 6.60. The summed E-state index contributed by atoms with van der Waals surface area (Å²) in [7, 11) is 0. The fourth-order valence-electron chi connectivity index (χ4n) is 3.18. The standard InChI is InChI=1S/C13H16N4S/c1-2-10-6-11(5-9(1)15-10)16-13-14-7-8-3-4-18-12(8)17-13/h3-4,7,9-11,15H,1-2,5-6H2,(H,14,16,17). The van der Waals surface area contributed by atoms with Crippen molar-refractivity contribution in [2.24, 2.45) is 0 Å². The predicted octanol–water partition coefficient (Wildman–Crippen LogP) is 2.39. The first-order valence-corrected chi connectivity index (χ1v) is 7.47. The molecule has 2 aliphatic rings. The zero-order valence-electron chi connectivity index (χ0n) is 10.1. The van der Waals surface area contributed by atoms with Crippen LogP contribution >= 0.6 is 11.3 Å². The van der Waals surface area contributed by atoms with Crippen LogP contribution in [-0.4, -0.2) is 28.1 Å². The maximum atomic E-state index is 4.58. The van der Waals surface area contributed by atoms with Gasteiger partial charge in [0, 0.05) is 29.7 Å². The number of fused-ring (bicyclic) bond motifs is 3. The second kappa shape index (κ2) is 4.17. The lowest BCUT2D eigenvalue weighted by Gasteiger charge is -2.29. The van der Waals surface area contributed by atoms with E-state index in [1.54, 1.807) is 11.3 Å². The van der Waals surface area contributed by atoms with E-state index in [0.717, 1.165) is 16.2 Å². The molecule has 0 saturated carbocycles. The molecule has 2 aliphatic heterocycles. The third kappa shape index (κ3) is 1.87. The molecule has 2 aromatic heterocycles. The van der Waals surface area contributed by atoms with Crippen LogP contribution in [0.25, 0.3) is 10.2 Å². The van der Waals surface area contributed by atoms with Crippen molar-refractivity contribution >= 4 is 27.5 Å². The molecule has 2 saturated heterocycles. The van der Waals surface area contributed by atoms with Gasteiger partial charge in [-0.25, -0.2) is 9.97 Å². The van der Waals surface area contributed by atoms with Crippen LogP contribution in [0, 0.1) is 0 Å². The second-order valence-corrected chi connectivity index (χ2v) is 6.22. The Kier molecular flexibility index (Phi) is 2.48. The minimum Gasteiger partial charge on any atom is -0.351 e. The van der Waals surface area contributed by atoms with Crippen molar-refractivity contribution in [3.05, 3.63) is 17.6 Å². The van der Waals surface area contributed by atoms with Crippen LogP contribution in [0.1, 0.15) is 25.7 Å². The van der Waals surface area contributed by atoms with Gasteiger partial charge in [-0.15, -0.1) is 11.3 Å². The van der Waals surface area contributed by atoms with Crippen molar-refractivity contribution in [1.29, 1.82) is 0 Å². The van der Waals surface area contributed by atoms with Gasteiger partial charge in [-0.05, 0) is 37.1 Å². The molecule has 94 valence electrons. The van der Waals surface area contributed by atoms with Gasteiger partial charge in [0.2, 0.25) is 5.95 Å². The van der Waals surface area contributed by atoms with Crippen LogP contribution in [0.5, 0.6) is 0 Å². The number of nitrogens with zero attached hydrogens (tertiary/aromatic N) is 2. The summed E-state index contributed by atoms with van der Waals surface area (Å²) in [5.74, 6) is 0.788. The lowest BCUT2D eigenvalue weighted by molar-refractivity contribution is 0.377. The van der Waals surface area contributed by atoms with E-state index in [-0.39, 0.29) is 0 Å². The normalized spacial score (nSPS) is 30.8. The first-order chi connectivity index (χ1) is 8.87. The average molecular weight is 260 g/mol. The summed E-state index contributed by atoms with van der Waals surface area (Å²) in [6.07, 6.45) is 6.96. The Morgan fingerprint density at radius 3 is 2.94 bits per heavy atom. The molecule has 0 amide bonds. The molecular formula is C13H16N4S. The van der Waals surface area contributed by atoms with Gasteiger partial charge in [0.15, 0.2) is 0 Å². The first kappa shape index (κ1) is 10.7. The Bertz CT molecular complexity index is 555. The Hall–Kier alpha value is -1.20. The molecule has 2 fully saturated rings. The molecule has 5 heteroatoms. The van der Waals surface area contributed by atoms with Crippen molar-refractivity contribution in [3.8, 4) is 0 Å². The Labute approximate surface area is 110 Å². The number of hydrogen-bond donors (Lipinski definition) is 2. The van der Waals surface area contributed by atoms with Gasteiger partial charge in [0.25, 0.3) is 0 Å². The molecule has 0 aromatic carbocycles. The number of nitrogens with one attached hydrogen (secondary N) is 2. The number of thiophene rings is 1. The number of rotatable bonds is 2. The molecule has 2 N–H and O–H groups in total. The van der Waals surface area contributed by atoms with E-state index >= 15 is 0 Å². The topological polar surface area (TPSA) is 49.8 Å². The summed E-state index contributed by atoms with van der Waals surface area (Å²) in [6.45, 7) is 0. The van der Waals surface area contributed by atoms with Crippen LogP contribution in [-0.2, 0) is 0 Å². The van der Waals surface area contributed by atoms with Crippen molar-refractivity contribution in [1.82, 2.24) is 15.3 Å². The lowest BCUT2D eigenvalue weighted by Crippen LogP contribution is -2.43. The summed E-state index contributed by atoms with van der Waals surface area (Å²) in [6, 6.07) is 3.99. The molecule has 18 heavy (non-hydrogen) atoms. The minimum atomic E-state index is 0.529. The van der Waals surface area contributed by atoms with Crippen molar-refractivity contribution < 1.29 is 0 Å². The van der Waals surface area contributed by atoms with E-state index in [1.807, 2.05) is 6.20 Å². The molecule has 0 spiro atoms. The van der Waals surface area contributed by atoms with Crippen LogP contribution in [0.15, 0.2) is 17.6 Å². The highest BCUT2D eigenvalue weighted by Gasteiger charge is 2.33. The molecule has 0 radical (unpaired) electrons. The molecule has 2 bridgehead atoms. The number of hydrogen-bond acceptors (Lipinski definition) is 5. The zero-order valence-corrected chi connectivity index (χ0v) is 10.9. The van der Waals surface area contributed by atoms with E-state index < -0.39 is 0 Å². The van der Waals surface area contributed by atoms with Crippen LogP contribution < -0.4 is 10.6 Å². The van der Waals surface area contributed by atoms with Crippen LogP contribution in [0.4, 0.5) is 5.95 Å². The maximum Gasteiger partial charge on any atom is 0.224 e. The van der Waals surface area contributed by atoms with Crippen LogP contribution in [0.2, 0.25) is 0 Å². The zero-order chi connectivity index (χ0) is 11.9. The van der Waals surface area contributed by atoms with Gasteiger partial charge < -0.3 is 10.6 Å². The molecule has 4 heterocycles. The second-order valence-electron chi connectivity index (χ2n) is 5.33. The highest BCUT2D eigenvalue weighted by Crippen LogP contribution is 2.28. The number of anilines is 1. The molecule has 4 nitrogen and oxygen atoms in total. The van der Waals surface area contributed by atoms with Gasteiger partial charge in [-0.1, -0.05) is 0 Å².